The molecule has 0 saturated carbocycles. The molecule has 1 amide bonds. The van der Waals surface area contributed by atoms with Crippen LogP contribution in [0.25, 0.3) is 0 Å². The van der Waals surface area contributed by atoms with Gasteiger partial charge in [-0.2, -0.15) is 5.26 Å². The summed E-state index contributed by atoms with van der Waals surface area (Å²) in [5, 5.41) is 12.0. The molecule has 1 N–H and O–H groups in total. The van der Waals surface area contributed by atoms with Gasteiger partial charge in [-0.05, 0) is 5.56 Å². The number of nitrogens with one attached hydrogen (secondary N) is 1. The Morgan fingerprint density at radius 1 is 1.09 bits per heavy atom. The third kappa shape index (κ3) is 5.33. The maximum atomic E-state index is 12.0. The van der Waals surface area contributed by atoms with E-state index in [0.717, 1.165) is 11.1 Å². The average Bonchev–Trinajstić information content (AvgIpc) is 2.82. The first kappa shape index (κ1) is 22.4. The van der Waals surface area contributed by atoms with Crippen molar-refractivity contribution in [2.75, 3.05) is 13.2 Å². The molecule has 32 heavy (non-hydrogen) atoms. The molecule has 8 heteroatoms. The van der Waals surface area contributed by atoms with Gasteiger partial charge in [-0.1, -0.05) is 60.7 Å². The summed E-state index contributed by atoms with van der Waals surface area (Å²) in [6.45, 7) is 1.81. The number of fused-ring (bicyclic) bond motifs is 1. The standard InChI is InChI=1S/C24H26N2O6/c1-16(27)26-20-22(28-13-12-25)21-19(15-30-23(32-21)18-10-6-3-7-11-18)31-24(20)29-14-17-8-4-2-5-9-17/h2-11,19-24H,13-15H2,1H3,(H,26,27)/t19-,20-,21+,22-,23-,24+/m0/s1. The predicted octanol–water partition coefficient (Wildman–Crippen LogP) is 2.46. The van der Waals surface area contributed by atoms with Crippen molar-refractivity contribution in [3.05, 3.63) is 71.8 Å². The lowest BCUT2D eigenvalue weighted by Crippen LogP contribution is -2.67. The minimum atomic E-state index is -0.801. The van der Waals surface area contributed by atoms with E-state index >= 15 is 0 Å². The molecule has 2 heterocycles. The molecule has 6 atom stereocenters. The van der Waals surface area contributed by atoms with Gasteiger partial charge < -0.3 is 29.0 Å². The van der Waals surface area contributed by atoms with Crippen molar-refractivity contribution in [2.45, 2.75) is 50.5 Å². The zero-order valence-electron chi connectivity index (χ0n) is 17.8. The van der Waals surface area contributed by atoms with Crippen molar-refractivity contribution in [1.29, 1.82) is 5.26 Å². The fourth-order valence-corrected chi connectivity index (χ4v) is 3.97. The summed E-state index contributed by atoms with van der Waals surface area (Å²) in [6.07, 6.45) is -3.10. The largest absolute Gasteiger partial charge is 0.358 e. The van der Waals surface area contributed by atoms with E-state index in [4.69, 9.17) is 28.9 Å². The zero-order valence-corrected chi connectivity index (χ0v) is 17.8. The Morgan fingerprint density at radius 2 is 1.81 bits per heavy atom. The number of hydrogen-bond donors (Lipinski definition) is 1. The van der Waals surface area contributed by atoms with E-state index in [1.54, 1.807) is 0 Å². The van der Waals surface area contributed by atoms with Crippen molar-refractivity contribution in [2.24, 2.45) is 0 Å². The van der Waals surface area contributed by atoms with E-state index in [2.05, 4.69) is 5.32 Å². The van der Waals surface area contributed by atoms with E-state index in [1.807, 2.05) is 66.7 Å². The van der Waals surface area contributed by atoms with E-state index in [-0.39, 0.29) is 25.7 Å². The molecule has 0 spiro atoms. The first-order valence-electron chi connectivity index (χ1n) is 10.5. The van der Waals surface area contributed by atoms with Crippen LogP contribution in [0.1, 0.15) is 24.3 Å². The lowest BCUT2D eigenvalue weighted by atomic mass is 9.95. The number of nitrogens with zero attached hydrogens (tertiary/aromatic N) is 1. The molecule has 2 aromatic rings. The molecule has 0 unspecified atom stereocenters. The maximum Gasteiger partial charge on any atom is 0.217 e. The second-order valence-corrected chi connectivity index (χ2v) is 7.68. The monoisotopic (exact) mass is 438 g/mol. The Bertz CT molecular complexity index is 919. The second-order valence-electron chi connectivity index (χ2n) is 7.68. The predicted molar refractivity (Wildman–Crippen MR) is 113 cm³/mol. The molecule has 0 aromatic heterocycles. The van der Waals surface area contributed by atoms with Crippen LogP contribution in [0.3, 0.4) is 0 Å². The van der Waals surface area contributed by atoms with Gasteiger partial charge in [0.25, 0.3) is 0 Å². The maximum absolute atomic E-state index is 12.0. The number of nitriles is 1. The van der Waals surface area contributed by atoms with Crippen LogP contribution in [-0.2, 0) is 35.1 Å². The first-order chi connectivity index (χ1) is 15.7. The summed E-state index contributed by atoms with van der Waals surface area (Å²) in [5.41, 5.74) is 1.83. The van der Waals surface area contributed by atoms with Crippen molar-refractivity contribution in [1.82, 2.24) is 5.32 Å². The summed E-state index contributed by atoms with van der Waals surface area (Å²) in [4.78, 5) is 12.0. The lowest BCUT2D eigenvalue weighted by Gasteiger charge is -2.49. The fourth-order valence-electron chi connectivity index (χ4n) is 3.97. The summed E-state index contributed by atoms with van der Waals surface area (Å²) in [5.74, 6) is -0.261. The Hall–Kier alpha value is -2.80. The third-order valence-corrected chi connectivity index (χ3v) is 5.38. The van der Waals surface area contributed by atoms with Crippen LogP contribution in [0.5, 0.6) is 0 Å². The molecule has 4 rings (SSSR count). The van der Waals surface area contributed by atoms with Crippen LogP contribution in [-0.4, -0.2) is 49.8 Å². The zero-order chi connectivity index (χ0) is 22.3. The molecule has 0 aliphatic carbocycles. The van der Waals surface area contributed by atoms with Crippen LogP contribution in [0.15, 0.2) is 60.7 Å². The molecular formula is C24H26N2O6. The van der Waals surface area contributed by atoms with Gasteiger partial charge in [0.05, 0.1) is 19.3 Å². The lowest BCUT2D eigenvalue weighted by molar-refractivity contribution is -0.348. The first-order valence-corrected chi connectivity index (χ1v) is 10.5. The molecular weight excluding hydrogens is 412 g/mol. The van der Waals surface area contributed by atoms with Crippen LogP contribution < -0.4 is 5.32 Å². The number of benzene rings is 2. The highest BCUT2D eigenvalue weighted by Gasteiger charge is 2.51. The number of hydrogen-bond acceptors (Lipinski definition) is 7. The quantitative estimate of drug-likeness (QED) is 0.709. The van der Waals surface area contributed by atoms with Crippen LogP contribution in [0.4, 0.5) is 0 Å². The van der Waals surface area contributed by atoms with Crippen molar-refractivity contribution in [3.63, 3.8) is 0 Å². The minimum Gasteiger partial charge on any atom is -0.358 e. The molecule has 168 valence electrons. The van der Waals surface area contributed by atoms with Crippen LogP contribution in [0, 0.1) is 11.3 Å². The van der Waals surface area contributed by atoms with Crippen molar-refractivity contribution in [3.8, 4) is 6.07 Å². The smallest absolute Gasteiger partial charge is 0.217 e. The van der Waals surface area contributed by atoms with Gasteiger partial charge in [0, 0.05) is 12.5 Å². The SMILES string of the molecule is CC(=O)N[C@@H]1[C@H](OCc2ccccc2)O[C@H]2CO[C@H](c3ccccc3)O[C@H]2[C@H]1OCC#N. The highest BCUT2D eigenvalue weighted by Crippen LogP contribution is 2.35. The Labute approximate surface area is 187 Å². The van der Waals surface area contributed by atoms with E-state index in [1.165, 1.54) is 6.92 Å². The van der Waals surface area contributed by atoms with Gasteiger partial charge in [0.1, 0.15) is 31.0 Å². The van der Waals surface area contributed by atoms with Gasteiger partial charge in [-0.15, -0.1) is 0 Å². The molecule has 2 fully saturated rings. The molecule has 2 aliphatic rings. The Morgan fingerprint density at radius 3 is 2.50 bits per heavy atom. The third-order valence-electron chi connectivity index (χ3n) is 5.38. The topological polar surface area (TPSA) is 99.0 Å². The molecule has 2 aliphatic heterocycles. The van der Waals surface area contributed by atoms with Gasteiger partial charge in [-0.3, -0.25) is 4.79 Å². The number of carbonyl (C=O) groups is 1. The fraction of sp³-hybridized carbons (Fsp3) is 0.417. The summed E-state index contributed by atoms with van der Waals surface area (Å²) in [7, 11) is 0. The normalized spacial score (nSPS) is 29.5. The molecule has 2 aromatic carbocycles. The van der Waals surface area contributed by atoms with Crippen LogP contribution >= 0.6 is 0 Å². The van der Waals surface area contributed by atoms with Gasteiger partial charge >= 0.3 is 0 Å². The summed E-state index contributed by atoms with van der Waals surface area (Å²) < 4.78 is 30.2. The average molecular weight is 438 g/mol. The highest BCUT2D eigenvalue weighted by molar-refractivity contribution is 5.73. The Balaban J connectivity index is 1.55. The second kappa shape index (κ2) is 10.7. The van der Waals surface area contributed by atoms with Gasteiger partial charge in [0.2, 0.25) is 5.91 Å². The molecule has 0 bridgehead atoms. The molecule has 0 radical (unpaired) electrons. The minimum absolute atomic E-state index is 0.157. The Kier molecular flexibility index (Phi) is 7.47. The van der Waals surface area contributed by atoms with Gasteiger partial charge in [-0.25, -0.2) is 0 Å². The number of ether oxygens (including phenoxy) is 5. The van der Waals surface area contributed by atoms with E-state index in [9.17, 15) is 4.79 Å². The van der Waals surface area contributed by atoms with E-state index < -0.39 is 36.9 Å². The number of amides is 1. The van der Waals surface area contributed by atoms with Crippen molar-refractivity contribution >= 4 is 5.91 Å². The summed E-state index contributed by atoms with van der Waals surface area (Å²) in [6, 6.07) is 20.5. The molecule has 2 saturated heterocycles. The number of rotatable bonds is 7. The number of carbonyl (C=O) groups excluding carboxylic acids is 1. The van der Waals surface area contributed by atoms with Crippen LogP contribution in [0.2, 0.25) is 0 Å². The molecule has 8 nitrogen and oxygen atoms in total. The highest BCUT2D eigenvalue weighted by atomic mass is 16.7. The van der Waals surface area contributed by atoms with Gasteiger partial charge in [0.15, 0.2) is 12.6 Å². The van der Waals surface area contributed by atoms with Crippen molar-refractivity contribution < 1.29 is 28.5 Å². The van der Waals surface area contributed by atoms with E-state index in [0.29, 0.717) is 0 Å². The summed E-state index contributed by atoms with van der Waals surface area (Å²) >= 11 is 0.